The molecule has 11 fully saturated rings. The zero-order valence-electron chi connectivity index (χ0n) is 73.6. The van der Waals surface area contributed by atoms with Crippen LogP contribution in [0.3, 0.4) is 0 Å². The van der Waals surface area contributed by atoms with Crippen LogP contribution in [0.15, 0.2) is 60.3 Å². The van der Waals surface area contributed by atoms with Gasteiger partial charge in [-0.25, -0.2) is 9.59 Å². The van der Waals surface area contributed by atoms with Crippen molar-refractivity contribution in [2.24, 2.45) is 50.2 Å². The molecule has 126 heavy (non-hydrogen) atoms. The first-order chi connectivity index (χ1) is 59.0. The predicted molar refractivity (Wildman–Crippen MR) is 432 cm³/mol. The Morgan fingerprint density at radius 1 is 0.500 bits per heavy atom. The number of hydrogen-bond acceptors (Lipinski definition) is 38. The lowest BCUT2D eigenvalue weighted by Crippen LogP contribution is -2.67. The number of ether oxygens (including phenoxy) is 16. The Labute approximate surface area is 732 Å². The molecule has 0 amide bonds. The van der Waals surface area contributed by atoms with Gasteiger partial charge in [-0.3, -0.25) is 4.79 Å². The van der Waals surface area contributed by atoms with Crippen molar-refractivity contribution in [3.63, 3.8) is 0 Å². The highest BCUT2D eigenvalue weighted by Crippen LogP contribution is 2.76. The number of carbonyl (C=O) groups excluding carboxylic acids is 3. The average Bonchev–Trinajstić information content (AvgIpc) is 0.673. The maximum Gasteiger partial charge on any atom is 0.336 e. The van der Waals surface area contributed by atoms with Gasteiger partial charge < -0.3 is 173 Å². The molecular formula is C88H138O38. The number of hydrogen-bond donors (Lipinski definition) is 19. The van der Waals surface area contributed by atoms with Crippen LogP contribution < -0.4 is 0 Å². The molecule has 38 heteroatoms. The number of esters is 3. The molecule has 7 aliphatic heterocycles. The van der Waals surface area contributed by atoms with Crippen LogP contribution >= 0.6 is 0 Å². The summed E-state index contributed by atoms with van der Waals surface area (Å²) in [7, 11) is 0. The standard InChI is InChI=1S/C88H138O38/c1-14-83(9,109)24-16-18-40(3)71(106)111-38-50-58(98)68(121-72(107)42(33-89)19-17-25-84(10,110)15-2)70(125-76-64(104)60(100)66(41(4)117-76)122-75-65(105)67(48(93)37-114-75)123-73-61(101)54(94)45(90)34-112-73)79(119-50)126-80(108)88-30-28-81(5,6)32-44(88)43-20-21-52-85(11)26-23-53(82(7,8)51(85)22-27-87(52,13)86(43,12)29-31-88)120-77-63(103)59(99)57(97)49(118-77)39-116-78-69(56(96)47(92)36-115-78)124-74-62(102)55(95)46(91)35-113-74/h14-15,18-20,41,44-70,73-79,89-105,109-110H,1-2,16-17,21-39H2,3-13H3/b40-18+,42-19+/t41-,44-,45+,46+,47-,48+,49+,50+,51-,52+,53-,54-,55-,56-,57+,58+,59-,60-,61+,62+,63+,64+,65+,66-,67-,68-,69+,70+,73-,74-,75-,76-,77-,78-,79-,83-,84-,85-,86+,87+,88-/m0/s1. The molecule has 38 nitrogen and oxygen atoms in total. The normalized spacial score (nSPS) is 47.2. The second-order valence-electron chi connectivity index (χ2n) is 39.7. The zero-order chi connectivity index (χ0) is 92.4. The number of rotatable bonds is 29. The van der Waals surface area contributed by atoms with Crippen molar-refractivity contribution < 1.29 is 187 Å². The van der Waals surface area contributed by atoms with Crippen LogP contribution in [0, 0.1) is 50.2 Å². The molecule has 4 saturated carbocycles. The largest absolute Gasteiger partial charge is 0.459 e. The van der Waals surface area contributed by atoms with Crippen molar-refractivity contribution >= 4 is 17.9 Å². The Bertz CT molecular complexity index is 3820. The highest BCUT2D eigenvalue weighted by Gasteiger charge is 2.71. The van der Waals surface area contributed by atoms with E-state index in [9.17, 15) is 107 Å². The van der Waals surface area contributed by atoms with E-state index in [1.807, 2.05) is 0 Å². The van der Waals surface area contributed by atoms with Gasteiger partial charge in [0.25, 0.3) is 0 Å². The van der Waals surface area contributed by atoms with Gasteiger partial charge in [0.1, 0.15) is 135 Å². The third-order valence-corrected chi connectivity index (χ3v) is 30.3. The summed E-state index contributed by atoms with van der Waals surface area (Å²) in [6.07, 6.45) is -41.2. The molecule has 0 radical (unpaired) electrons. The van der Waals surface area contributed by atoms with Crippen molar-refractivity contribution in [3.8, 4) is 0 Å². The maximum atomic E-state index is 16.6. The van der Waals surface area contributed by atoms with E-state index in [1.54, 1.807) is 6.92 Å². The summed E-state index contributed by atoms with van der Waals surface area (Å²) in [5.41, 5.74) is -5.57. The molecule has 0 aromatic carbocycles. The monoisotopic (exact) mass is 1800 g/mol. The Hall–Kier alpha value is -4.17. The lowest BCUT2D eigenvalue weighted by atomic mass is 9.33. The van der Waals surface area contributed by atoms with Gasteiger partial charge in [-0.15, -0.1) is 13.2 Å². The van der Waals surface area contributed by atoms with Gasteiger partial charge in [0.15, 0.2) is 49.9 Å². The molecular weight excluding hydrogens is 1660 g/mol. The summed E-state index contributed by atoms with van der Waals surface area (Å²) in [6, 6.07) is 0. The lowest BCUT2D eigenvalue weighted by molar-refractivity contribution is -0.379. The van der Waals surface area contributed by atoms with Gasteiger partial charge in [0.05, 0.1) is 74.0 Å². The van der Waals surface area contributed by atoms with Crippen LogP contribution in [0.1, 0.15) is 166 Å². The molecule has 0 aromatic heterocycles. The van der Waals surface area contributed by atoms with E-state index in [0.717, 1.165) is 12.0 Å². The fraction of sp³-hybridized carbons (Fsp3) is 0.852. The second kappa shape index (κ2) is 39.8. The van der Waals surface area contributed by atoms with Crippen LogP contribution in [0.4, 0.5) is 0 Å². The topological polar surface area (TPSA) is 583 Å². The number of fused-ring (bicyclic) bond motifs is 7. The van der Waals surface area contributed by atoms with Gasteiger partial charge in [-0.1, -0.05) is 84.4 Å². The summed E-state index contributed by atoms with van der Waals surface area (Å²) in [6.45, 7) is 24.5. The summed E-state index contributed by atoms with van der Waals surface area (Å²) in [5.74, 6) is -3.39. The Balaban J connectivity index is 0.812. The molecule has 12 aliphatic rings. The quantitative estimate of drug-likeness (QED) is 0.0132. The Morgan fingerprint density at radius 2 is 1.02 bits per heavy atom. The molecule has 7 saturated heterocycles. The number of aliphatic hydroxyl groups is 19. The number of aliphatic hydroxyl groups excluding tert-OH is 17. The first-order valence-corrected chi connectivity index (χ1v) is 44.2. The highest BCUT2D eigenvalue weighted by atomic mass is 16.8. The van der Waals surface area contributed by atoms with Crippen molar-refractivity contribution in [1.29, 1.82) is 0 Å². The second-order valence-corrected chi connectivity index (χ2v) is 39.7. The summed E-state index contributed by atoms with van der Waals surface area (Å²) in [4.78, 5) is 45.3. The van der Waals surface area contributed by atoms with Gasteiger partial charge in [0.2, 0.25) is 6.29 Å². The Morgan fingerprint density at radius 3 is 1.64 bits per heavy atom. The summed E-state index contributed by atoms with van der Waals surface area (Å²) < 4.78 is 97.2. The van der Waals surface area contributed by atoms with Gasteiger partial charge in [0, 0.05) is 5.57 Å². The molecule has 0 unspecified atom stereocenters. The fourth-order valence-electron chi connectivity index (χ4n) is 21.9. The van der Waals surface area contributed by atoms with Gasteiger partial charge >= 0.3 is 17.9 Å². The van der Waals surface area contributed by atoms with Crippen molar-refractivity contribution in [1.82, 2.24) is 0 Å². The molecule has 41 atom stereocenters. The predicted octanol–water partition coefficient (Wildman–Crippen LogP) is -1.58. The minimum atomic E-state index is -2.19. The number of carbonyl (C=O) groups is 3. The first kappa shape index (κ1) is 101. The van der Waals surface area contributed by atoms with E-state index in [-0.39, 0.29) is 65.9 Å². The SMILES string of the molecule is C=C[C@](C)(O)CC/C=C(\C)C(=O)OC[C@H]1O[C@@H](OC(=O)[C@]23CCC(C)(C)C[C@H]2C2=CC[C@@H]4[C@@]5(C)CC[C@H](O[C@@H]6O[C@H](CO[C@@H]7OC[C@H](O)[C@H](O)[C@H]7O[C@@H]7OC[C@@H](O)[C@H](O)[C@H]7O)[C@@H](O)[C@H](O)[C@H]6O)C(C)(C)[C@@H]5CC[C@@]4(C)[C@]2(C)CC3)[C@H](O[C@@H]2O[C@@H](C)[C@H](O[C@@H]3OC[C@@H](O)[C@H](O[C@@H]4OC[C@@H](O)[C@H](O)[C@H]4O)[C@H]3O)[C@@H](O)[C@H]2O)[C@@H](OC(=O)/C(=C/CC[C@@](C)(O)C=C)CO)[C@@H]1O. The molecule has 5 aliphatic carbocycles. The van der Waals surface area contributed by atoms with E-state index in [2.05, 4.69) is 67.7 Å². The molecule has 0 bridgehead atoms. The van der Waals surface area contributed by atoms with E-state index >= 15 is 4.79 Å². The molecule has 0 aromatic rings. The van der Waals surface area contributed by atoms with Crippen molar-refractivity contribution in [3.05, 3.63) is 60.3 Å². The van der Waals surface area contributed by atoms with E-state index in [0.29, 0.717) is 51.4 Å². The molecule has 0 spiro atoms. The summed E-state index contributed by atoms with van der Waals surface area (Å²) >= 11 is 0. The fourth-order valence-corrected chi connectivity index (χ4v) is 21.9. The third kappa shape index (κ3) is 20.3. The van der Waals surface area contributed by atoms with Crippen LogP contribution in [-0.2, 0) is 90.2 Å². The van der Waals surface area contributed by atoms with Crippen LogP contribution in [0.5, 0.6) is 0 Å². The lowest BCUT2D eigenvalue weighted by Gasteiger charge is -2.71. The minimum absolute atomic E-state index is 0.0104. The van der Waals surface area contributed by atoms with Crippen LogP contribution in [0.2, 0.25) is 0 Å². The zero-order valence-corrected chi connectivity index (χ0v) is 73.6. The third-order valence-electron chi connectivity index (χ3n) is 30.3. The van der Waals surface area contributed by atoms with Crippen molar-refractivity contribution in [2.45, 2.75) is 374 Å². The average molecular weight is 1800 g/mol. The van der Waals surface area contributed by atoms with Crippen molar-refractivity contribution in [2.75, 3.05) is 46.2 Å². The van der Waals surface area contributed by atoms with Gasteiger partial charge in [-0.2, -0.15) is 0 Å². The van der Waals surface area contributed by atoms with Crippen LogP contribution in [-0.4, -0.2) is 369 Å². The van der Waals surface area contributed by atoms with E-state index in [1.165, 1.54) is 45.1 Å². The number of allylic oxidation sites excluding steroid dienone is 4. The summed E-state index contributed by atoms with van der Waals surface area (Å²) in [5, 5.41) is 210. The minimum Gasteiger partial charge on any atom is -0.459 e. The van der Waals surface area contributed by atoms with Crippen LogP contribution in [0.25, 0.3) is 0 Å². The highest BCUT2D eigenvalue weighted by molar-refractivity contribution is 5.89. The molecule has 7 heterocycles. The smallest absolute Gasteiger partial charge is 0.336 e. The van der Waals surface area contributed by atoms with Gasteiger partial charge in [-0.05, 0) is 162 Å². The molecule has 12 rings (SSSR count). The van der Waals surface area contributed by atoms with E-state index in [4.69, 9.17) is 75.8 Å². The Kier molecular flexibility index (Phi) is 31.8. The first-order valence-electron chi connectivity index (χ1n) is 44.2. The molecule has 19 N–H and O–H groups in total. The van der Waals surface area contributed by atoms with E-state index < -0.39 is 300 Å². The molecule has 718 valence electrons. The maximum absolute atomic E-state index is 16.6.